The number of nitrogens with zero attached hydrogens (tertiary/aromatic N) is 2. The quantitative estimate of drug-likeness (QED) is 0.810. The first-order valence-corrected chi connectivity index (χ1v) is 6.74. The van der Waals surface area contributed by atoms with Gasteiger partial charge in [0.2, 0.25) is 0 Å². The molecule has 2 aliphatic rings. The Morgan fingerprint density at radius 2 is 2.20 bits per heavy atom. The fraction of sp³-hybridized carbons (Fsp3) is 0.727. The lowest BCUT2D eigenvalue weighted by Crippen LogP contribution is -2.19. The lowest BCUT2D eigenvalue weighted by molar-refractivity contribution is 0.309. The van der Waals surface area contributed by atoms with Crippen LogP contribution in [-0.4, -0.2) is 9.78 Å². The first kappa shape index (κ1) is 9.93. The molecule has 2 saturated carbocycles. The molecule has 3 rings (SSSR count). The van der Waals surface area contributed by atoms with Gasteiger partial charge in [-0.3, -0.25) is 0 Å². The van der Waals surface area contributed by atoms with Gasteiger partial charge in [-0.05, 0) is 60.6 Å². The van der Waals surface area contributed by atoms with Crippen LogP contribution in [-0.2, 0) is 0 Å². The minimum atomic E-state index is 0.589. The third-order valence-corrected chi connectivity index (χ3v) is 5.40. The molecule has 1 heterocycles. The van der Waals surface area contributed by atoms with Crippen molar-refractivity contribution in [2.24, 2.45) is 11.8 Å². The van der Waals surface area contributed by atoms with Crippen molar-refractivity contribution in [3.05, 3.63) is 9.26 Å². The molecule has 3 atom stereocenters. The van der Waals surface area contributed by atoms with Crippen molar-refractivity contribution in [3.8, 4) is 0 Å². The predicted molar refractivity (Wildman–Crippen MR) is 68.6 cm³/mol. The molecule has 2 aliphatic carbocycles. The Labute approximate surface area is 104 Å². The number of rotatable bonds is 1. The number of nitrogens with two attached hydrogens (primary N) is 1. The lowest BCUT2D eigenvalue weighted by Gasteiger charge is -2.23. The maximum Gasteiger partial charge on any atom is 0.135 e. The van der Waals surface area contributed by atoms with Crippen LogP contribution in [0.4, 0.5) is 5.82 Å². The van der Waals surface area contributed by atoms with Crippen LogP contribution in [0.2, 0.25) is 0 Å². The van der Waals surface area contributed by atoms with Gasteiger partial charge in [0.1, 0.15) is 5.82 Å². The fourth-order valence-electron chi connectivity index (χ4n) is 3.31. The molecule has 82 valence electrons. The minimum Gasteiger partial charge on any atom is -0.383 e. The summed E-state index contributed by atoms with van der Waals surface area (Å²) in [6.45, 7) is 2.04. The van der Waals surface area contributed by atoms with Crippen LogP contribution in [0.3, 0.4) is 0 Å². The summed E-state index contributed by atoms with van der Waals surface area (Å²) < 4.78 is 3.23. The Bertz CT molecular complexity index is 399. The van der Waals surface area contributed by atoms with E-state index in [1.54, 1.807) is 0 Å². The number of nitrogen functional groups attached to an aromatic ring is 1. The van der Waals surface area contributed by atoms with Crippen LogP contribution in [0.1, 0.15) is 37.4 Å². The summed E-state index contributed by atoms with van der Waals surface area (Å²) >= 11 is 2.30. The van der Waals surface area contributed by atoms with Crippen molar-refractivity contribution in [2.45, 2.75) is 38.6 Å². The third kappa shape index (κ3) is 1.40. The SMILES string of the molecule is Cc1nn(C2CC3CCC2C3)c(N)c1I. The molecule has 2 N–H and O–H groups in total. The maximum atomic E-state index is 6.11. The lowest BCUT2D eigenvalue weighted by atomic mass is 9.95. The van der Waals surface area contributed by atoms with Crippen LogP contribution in [0.25, 0.3) is 0 Å². The molecule has 4 heteroatoms. The van der Waals surface area contributed by atoms with Crippen molar-refractivity contribution < 1.29 is 0 Å². The fourth-order valence-corrected chi connectivity index (χ4v) is 3.66. The van der Waals surface area contributed by atoms with E-state index in [4.69, 9.17) is 5.73 Å². The van der Waals surface area contributed by atoms with Gasteiger partial charge >= 0.3 is 0 Å². The zero-order valence-electron chi connectivity index (χ0n) is 8.91. The Balaban J connectivity index is 1.96. The van der Waals surface area contributed by atoms with E-state index < -0.39 is 0 Å². The first-order valence-electron chi connectivity index (χ1n) is 5.67. The van der Waals surface area contributed by atoms with E-state index >= 15 is 0 Å². The third-order valence-electron chi connectivity index (χ3n) is 4.06. The van der Waals surface area contributed by atoms with Crippen molar-refractivity contribution in [3.63, 3.8) is 0 Å². The standard InChI is InChI=1S/C11H16IN3/c1-6-10(12)11(13)15(14-6)9-5-7-2-3-8(9)4-7/h7-9H,2-5,13H2,1H3. The van der Waals surface area contributed by atoms with Crippen LogP contribution in [0.5, 0.6) is 0 Å². The monoisotopic (exact) mass is 317 g/mol. The largest absolute Gasteiger partial charge is 0.383 e. The number of halogens is 1. The van der Waals surface area contributed by atoms with Crippen molar-refractivity contribution in [1.82, 2.24) is 9.78 Å². The topological polar surface area (TPSA) is 43.8 Å². The van der Waals surface area contributed by atoms with Crippen molar-refractivity contribution in [2.75, 3.05) is 5.73 Å². The summed E-state index contributed by atoms with van der Waals surface area (Å²) in [5.41, 5.74) is 7.19. The molecule has 15 heavy (non-hydrogen) atoms. The molecule has 0 saturated heterocycles. The number of hydrogen-bond donors (Lipinski definition) is 1. The summed E-state index contributed by atoms with van der Waals surface area (Å²) in [5.74, 6) is 2.67. The van der Waals surface area contributed by atoms with Crippen LogP contribution < -0.4 is 5.73 Å². The Hall–Kier alpha value is -0.260. The maximum absolute atomic E-state index is 6.11. The van der Waals surface area contributed by atoms with Gasteiger partial charge in [-0.25, -0.2) is 4.68 Å². The molecular weight excluding hydrogens is 301 g/mol. The average Bonchev–Trinajstić information content (AvgIpc) is 2.89. The number of anilines is 1. The van der Waals surface area contributed by atoms with E-state index in [2.05, 4.69) is 32.4 Å². The zero-order chi connectivity index (χ0) is 10.6. The highest BCUT2D eigenvalue weighted by Crippen LogP contribution is 2.51. The Morgan fingerprint density at radius 1 is 1.40 bits per heavy atom. The molecule has 0 aliphatic heterocycles. The molecule has 3 unspecified atom stereocenters. The highest BCUT2D eigenvalue weighted by Gasteiger charge is 2.41. The second-order valence-electron chi connectivity index (χ2n) is 4.97. The molecule has 1 aromatic heterocycles. The van der Waals surface area contributed by atoms with Gasteiger partial charge in [0.15, 0.2) is 0 Å². The van der Waals surface area contributed by atoms with Crippen molar-refractivity contribution >= 4 is 28.4 Å². The van der Waals surface area contributed by atoms with Gasteiger partial charge in [0.25, 0.3) is 0 Å². The van der Waals surface area contributed by atoms with Gasteiger partial charge in [-0.2, -0.15) is 5.10 Å². The average molecular weight is 317 g/mol. The smallest absolute Gasteiger partial charge is 0.135 e. The summed E-state index contributed by atoms with van der Waals surface area (Å²) in [4.78, 5) is 0. The first-order chi connectivity index (χ1) is 7.16. The molecule has 0 spiro atoms. The van der Waals surface area contributed by atoms with E-state index in [0.29, 0.717) is 6.04 Å². The molecule has 1 aromatic rings. The number of aryl methyl sites for hydroxylation is 1. The van der Waals surface area contributed by atoms with Crippen LogP contribution in [0.15, 0.2) is 0 Å². The molecule has 2 fully saturated rings. The van der Waals surface area contributed by atoms with Gasteiger partial charge in [0.05, 0.1) is 15.3 Å². The summed E-state index contributed by atoms with van der Waals surface area (Å²) in [7, 11) is 0. The van der Waals surface area contributed by atoms with Gasteiger partial charge in [0, 0.05) is 0 Å². The molecule has 2 bridgehead atoms. The normalized spacial score (nSPS) is 33.9. The molecule has 0 radical (unpaired) electrons. The second kappa shape index (κ2) is 3.37. The molecule has 0 aromatic carbocycles. The van der Waals surface area contributed by atoms with Crippen LogP contribution in [0, 0.1) is 22.3 Å². The van der Waals surface area contributed by atoms with Gasteiger partial charge in [-0.15, -0.1) is 0 Å². The van der Waals surface area contributed by atoms with E-state index in [-0.39, 0.29) is 0 Å². The number of fused-ring (bicyclic) bond motifs is 2. The van der Waals surface area contributed by atoms with E-state index in [1.807, 2.05) is 6.92 Å². The molecule has 0 amide bonds. The Kier molecular flexibility index (Phi) is 2.23. The summed E-state index contributed by atoms with van der Waals surface area (Å²) in [6, 6.07) is 0.589. The number of aromatic nitrogens is 2. The zero-order valence-corrected chi connectivity index (χ0v) is 11.1. The van der Waals surface area contributed by atoms with Gasteiger partial charge in [-0.1, -0.05) is 6.42 Å². The van der Waals surface area contributed by atoms with Crippen molar-refractivity contribution in [1.29, 1.82) is 0 Å². The summed E-state index contributed by atoms with van der Waals surface area (Å²) in [6.07, 6.45) is 5.51. The molecular formula is C11H16IN3. The van der Waals surface area contributed by atoms with Crippen LogP contribution >= 0.6 is 22.6 Å². The predicted octanol–water partition coefficient (Wildman–Crippen LogP) is 2.74. The summed E-state index contributed by atoms with van der Waals surface area (Å²) in [5, 5.41) is 4.59. The van der Waals surface area contributed by atoms with Gasteiger partial charge < -0.3 is 5.73 Å². The minimum absolute atomic E-state index is 0.589. The van der Waals surface area contributed by atoms with E-state index in [1.165, 1.54) is 25.7 Å². The van der Waals surface area contributed by atoms with E-state index in [0.717, 1.165) is 26.9 Å². The second-order valence-corrected chi connectivity index (χ2v) is 6.05. The van der Waals surface area contributed by atoms with E-state index in [9.17, 15) is 0 Å². The highest BCUT2D eigenvalue weighted by molar-refractivity contribution is 14.1. The highest BCUT2D eigenvalue weighted by atomic mass is 127. The Morgan fingerprint density at radius 3 is 2.67 bits per heavy atom. The number of hydrogen-bond acceptors (Lipinski definition) is 2. The molecule has 3 nitrogen and oxygen atoms in total.